The number of carbonyl (C=O) groups excluding carboxylic acids is 2. The van der Waals surface area contributed by atoms with Crippen LogP contribution in [0, 0.1) is 6.92 Å². The van der Waals surface area contributed by atoms with Gasteiger partial charge in [-0.1, -0.05) is 0 Å². The highest BCUT2D eigenvalue weighted by Gasteiger charge is 2.23. The molecule has 0 radical (unpaired) electrons. The summed E-state index contributed by atoms with van der Waals surface area (Å²) < 4.78 is 33.3. The van der Waals surface area contributed by atoms with Gasteiger partial charge in [-0.25, -0.2) is 27.4 Å². The molecular weight excluding hydrogens is 424 g/mol. The number of esters is 1. The summed E-state index contributed by atoms with van der Waals surface area (Å²) in [7, 11) is -3.63. The van der Waals surface area contributed by atoms with E-state index in [0.717, 1.165) is 5.69 Å². The van der Waals surface area contributed by atoms with Gasteiger partial charge in [0.25, 0.3) is 17.5 Å². The molecule has 11 nitrogen and oxygen atoms in total. The summed E-state index contributed by atoms with van der Waals surface area (Å²) in [6, 6.07) is 7.09. The van der Waals surface area contributed by atoms with Gasteiger partial charge in [-0.15, -0.1) is 5.10 Å². The molecule has 2 N–H and O–H groups in total. The van der Waals surface area contributed by atoms with Gasteiger partial charge in [-0.3, -0.25) is 4.79 Å². The minimum Gasteiger partial charge on any atom is -0.447 e. The first-order valence-corrected chi connectivity index (χ1v) is 10.9. The Morgan fingerprint density at radius 3 is 2.39 bits per heavy atom. The maximum absolute atomic E-state index is 12.4. The second kappa shape index (κ2) is 8.78. The molecule has 12 heteroatoms. The Bertz CT molecular complexity index is 1220. The Hall–Kier alpha value is -3.38. The average Bonchev–Trinajstić information content (AvgIpc) is 3.13. The fraction of sp³-hybridized carbons (Fsp3) is 0.316. The van der Waals surface area contributed by atoms with Crippen molar-refractivity contribution in [2.75, 3.05) is 5.32 Å². The number of carbonyl (C=O) groups is 2. The van der Waals surface area contributed by atoms with Gasteiger partial charge in [-0.05, 0) is 58.0 Å². The van der Waals surface area contributed by atoms with Gasteiger partial charge < -0.3 is 10.1 Å². The summed E-state index contributed by atoms with van der Waals surface area (Å²) in [5.41, 5.74) is 1.08. The van der Waals surface area contributed by atoms with E-state index in [2.05, 4.69) is 25.1 Å². The van der Waals surface area contributed by atoms with Crippen LogP contribution in [-0.2, 0) is 19.6 Å². The molecule has 1 aromatic carbocycles. The smallest absolute Gasteiger partial charge is 0.379 e. The largest absolute Gasteiger partial charge is 0.447 e. The number of sulfonamides is 1. The van der Waals surface area contributed by atoms with Crippen LogP contribution in [0.4, 0.5) is 5.69 Å². The van der Waals surface area contributed by atoms with Crippen LogP contribution in [0.15, 0.2) is 41.4 Å². The molecule has 3 rings (SSSR count). The number of nitrogens with one attached hydrogen (secondary N) is 2. The first kappa shape index (κ1) is 22.3. The van der Waals surface area contributed by atoms with Gasteiger partial charge in [0.15, 0.2) is 6.10 Å². The number of ether oxygens (including phenoxy) is 1. The summed E-state index contributed by atoms with van der Waals surface area (Å²) in [4.78, 5) is 32.7. The molecule has 0 saturated carbocycles. The van der Waals surface area contributed by atoms with Gasteiger partial charge in [0.2, 0.25) is 10.0 Å². The molecule has 1 amide bonds. The molecule has 0 aliphatic carbocycles. The van der Waals surface area contributed by atoms with Crippen molar-refractivity contribution in [3.8, 4) is 0 Å². The lowest BCUT2D eigenvalue weighted by molar-refractivity contribution is -0.123. The van der Waals surface area contributed by atoms with Gasteiger partial charge >= 0.3 is 5.97 Å². The molecule has 0 bridgehead atoms. The monoisotopic (exact) mass is 446 g/mol. The number of hydrogen-bond acceptors (Lipinski definition) is 8. The highest BCUT2D eigenvalue weighted by molar-refractivity contribution is 7.89. The Kier molecular flexibility index (Phi) is 6.32. The number of hydrogen-bond donors (Lipinski definition) is 2. The number of aryl methyl sites for hydroxylation is 1. The van der Waals surface area contributed by atoms with Crippen molar-refractivity contribution in [1.29, 1.82) is 0 Å². The first-order valence-electron chi connectivity index (χ1n) is 9.39. The number of rotatable bonds is 7. The van der Waals surface area contributed by atoms with Crippen LogP contribution >= 0.6 is 0 Å². The SMILES string of the molecule is Cc1ccnc2nc(C(=O)OC(C)C(=O)Nc3ccc(S(=O)(=O)NC(C)C)cc3)nn12. The molecule has 0 saturated heterocycles. The van der Waals surface area contributed by atoms with Crippen LogP contribution in [0.2, 0.25) is 0 Å². The highest BCUT2D eigenvalue weighted by atomic mass is 32.2. The van der Waals surface area contributed by atoms with Crippen LogP contribution in [0.3, 0.4) is 0 Å². The molecule has 3 aromatic rings. The average molecular weight is 446 g/mol. The lowest BCUT2D eigenvalue weighted by Gasteiger charge is -2.13. The zero-order chi connectivity index (χ0) is 22.8. The summed E-state index contributed by atoms with van der Waals surface area (Å²) in [6.07, 6.45) is 0.402. The zero-order valence-corrected chi connectivity index (χ0v) is 18.2. The van der Waals surface area contributed by atoms with Crippen molar-refractivity contribution in [2.24, 2.45) is 0 Å². The van der Waals surface area contributed by atoms with Gasteiger partial charge in [-0.2, -0.15) is 4.98 Å². The van der Waals surface area contributed by atoms with Crippen molar-refractivity contribution in [1.82, 2.24) is 24.3 Å². The summed E-state index contributed by atoms with van der Waals surface area (Å²) in [6.45, 7) is 6.62. The first-order chi connectivity index (χ1) is 14.6. The van der Waals surface area contributed by atoms with Gasteiger partial charge in [0.1, 0.15) is 0 Å². The molecule has 1 unspecified atom stereocenters. The van der Waals surface area contributed by atoms with Crippen LogP contribution in [-0.4, -0.2) is 52.0 Å². The molecule has 2 aromatic heterocycles. The second-order valence-electron chi connectivity index (χ2n) is 7.07. The van der Waals surface area contributed by atoms with E-state index in [0.29, 0.717) is 5.69 Å². The number of nitrogens with zero attached hydrogens (tertiary/aromatic N) is 4. The third-order valence-electron chi connectivity index (χ3n) is 4.09. The molecule has 0 spiro atoms. The molecule has 0 fully saturated rings. The molecule has 0 aliphatic rings. The molecule has 1 atom stereocenters. The predicted octanol–water partition coefficient (Wildman–Crippen LogP) is 1.30. The number of fused-ring (bicyclic) bond motifs is 1. The zero-order valence-electron chi connectivity index (χ0n) is 17.4. The lowest BCUT2D eigenvalue weighted by atomic mass is 10.3. The minimum atomic E-state index is -3.63. The van der Waals surface area contributed by atoms with E-state index >= 15 is 0 Å². The standard InChI is InChI=1S/C19H22N6O5S/c1-11(2)24-31(28,29)15-7-5-14(6-8-15)21-17(26)13(4)30-18(27)16-22-19-20-10-9-12(3)25(19)23-16/h5-11,13,24H,1-4H3,(H,21,26). The normalized spacial score (nSPS) is 12.7. The maximum Gasteiger partial charge on any atom is 0.379 e. The highest BCUT2D eigenvalue weighted by Crippen LogP contribution is 2.15. The Balaban J connectivity index is 1.63. The van der Waals surface area contributed by atoms with E-state index in [9.17, 15) is 18.0 Å². The van der Waals surface area contributed by atoms with Crippen LogP contribution in [0.25, 0.3) is 5.78 Å². The summed E-state index contributed by atoms with van der Waals surface area (Å²) >= 11 is 0. The van der Waals surface area contributed by atoms with E-state index < -0.39 is 28.0 Å². The second-order valence-corrected chi connectivity index (χ2v) is 8.78. The van der Waals surface area contributed by atoms with Gasteiger partial charge in [0.05, 0.1) is 4.90 Å². The Morgan fingerprint density at radius 2 is 1.77 bits per heavy atom. The van der Waals surface area contributed by atoms with E-state index in [1.54, 1.807) is 33.0 Å². The Labute approximate surface area is 178 Å². The van der Waals surface area contributed by atoms with E-state index in [1.807, 2.05) is 0 Å². The molecule has 2 heterocycles. The number of amides is 1. The quantitative estimate of drug-likeness (QED) is 0.517. The lowest BCUT2D eigenvalue weighted by Crippen LogP contribution is -2.31. The molecule has 164 valence electrons. The van der Waals surface area contributed by atoms with Crippen LogP contribution in [0.5, 0.6) is 0 Å². The predicted molar refractivity (Wildman–Crippen MR) is 111 cm³/mol. The fourth-order valence-electron chi connectivity index (χ4n) is 2.60. The third kappa shape index (κ3) is 5.22. The molecule has 0 aliphatic heterocycles. The van der Waals surface area contributed by atoms with Crippen LogP contribution < -0.4 is 10.0 Å². The third-order valence-corrected chi connectivity index (χ3v) is 5.76. The van der Waals surface area contributed by atoms with E-state index in [1.165, 1.54) is 35.7 Å². The number of anilines is 1. The summed E-state index contributed by atoms with van der Waals surface area (Å²) in [5.74, 6) is -1.43. The molecule has 31 heavy (non-hydrogen) atoms. The van der Waals surface area contributed by atoms with E-state index in [-0.39, 0.29) is 22.5 Å². The molecular formula is C19H22N6O5S. The fourth-order valence-corrected chi connectivity index (χ4v) is 3.85. The van der Waals surface area contributed by atoms with Gasteiger partial charge in [0, 0.05) is 23.6 Å². The number of aromatic nitrogens is 4. The van der Waals surface area contributed by atoms with Crippen molar-refractivity contribution in [2.45, 2.75) is 44.7 Å². The summed E-state index contributed by atoms with van der Waals surface area (Å²) in [5, 5.41) is 6.60. The van der Waals surface area contributed by atoms with Crippen molar-refractivity contribution >= 4 is 33.4 Å². The van der Waals surface area contributed by atoms with Crippen molar-refractivity contribution in [3.63, 3.8) is 0 Å². The minimum absolute atomic E-state index is 0.0699. The van der Waals surface area contributed by atoms with Crippen molar-refractivity contribution < 1.29 is 22.7 Å². The topological polar surface area (TPSA) is 145 Å². The van der Waals surface area contributed by atoms with Crippen LogP contribution in [0.1, 0.15) is 37.1 Å². The Morgan fingerprint density at radius 1 is 1.10 bits per heavy atom. The van der Waals surface area contributed by atoms with Crippen molar-refractivity contribution in [3.05, 3.63) is 48.0 Å². The number of benzene rings is 1. The van der Waals surface area contributed by atoms with E-state index in [4.69, 9.17) is 4.74 Å². The maximum atomic E-state index is 12.4.